The van der Waals surface area contributed by atoms with Gasteiger partial charge < -0.3 is 77.6 Å². The molecule has 0 spiro atoms. The molecular formula is C41H85NaO18. The van der Waals surface area contributed by atoms with Crippen LogP contribution in [0.25, 0.3) is 0 Å². The van der Waals surface area contributed by atoms with Gasteiger partial charge in [-0.2, -0.15) is 0 Å². The van der Waals surface area contributed by atoms with Crippen LogP contribution in [0.4, 0.5) is 0 Å². The van der Waals surface area contributed by atoms with E-state index in [1.807, 2.05) is 41.5 Å². The molecule has 0 saturated heterocycles. The van der Waals surface area contributed by atoms with E-state index in [-0.39, 0.29) is 63.4 Å². The van der Waals surface area contributed by atoms with Crippen molar-refractivity contribution in [3.8, 4) is 0 Å². The van der Waals surface area contributed by atoms with Crippen LogP contribution in [0.2, 0.25) is 0 Å². The van der Waals surface area contributed by atoms with Gasteiger partial charge in [0.1, 0.15) is 11.2 Å². The molecule has 0 amide bonds. The summed E-state index contributed by atoms with van der Waals surface area (Å²) in [5, 5.41) is 8.47. The molecule has 0 radical (unpaired) electrons. The quantitative estimate of drug-likeness (QED) is 0.0387. The Morgan fingerprint density at radius 2 is 0.683 bits per heavy atom. The molecule has 0 aliphatic carbocycles. The summed E-state index contributed by atoms with van der Waals surface area (Å²) >= 11 is 0. The molecule has 0 aliphatic rings. The van der Waals surface area contributed by atoms with Crippen LogP contribution in [0.15, 0.2) is 12.7 Å². The van der Waals surface area contributed by atoms with Crippen LogP contribution in [0.5, 0.6) is 0 Å². The van der Waals surface area contributed by atoms with Gasteiger partial charge in [0.15, 0.2) is 0 Å². The molecule has 0 heterocycles. The van der Waals surface area contributed by atoms with Crippen LogP contribution in [0.1, 0.15) is 56.8 Å². The van der Waals surface area contributed by atoms with Crippen LogP contribution in [-0.2, 0) is 80.6 Å². The Kier molecular flexibility index (Phi) is 61.7. The third-order valence-electron chi connectivity index (χ3n) is 5.89. The van der Waals surface area contributed by atoms with Crippen molar-refractivity contribution in [2.75, 3.05) is 179 Å². The van der Waals surface area contributed by atoms with Gasteiger partial charge in [-0.25, -0.2) is 4.79 Å². The second-order valence-corrected chi connectivity index (χ2v) is 13.5. The first kappa shape index (κ1) is 68.2. The Morgan fingerprint density at radius 1 is 0.450 bits per heavy atom. The maximum Gasteiger partial charge on any atom is 1.00 e. The Hall–Kier alpha value is -0.880. The zero-order valence-electron chi connectivity index (χ0n) is 39.1. The second-order valence-electron chi connectivity index (χ2n) is 13.5. The van der Waals surface area contributed by atoms with Crippen molar-refractivity contribution >= 4 is 11.9 Å². The minimum absolute atomic E-state index is 0. The smallest absolute Gasteiger partial charge is 1.00 e. The Morgan fingerprint density at radius 3 is 0.883 bits per heavy atom. The monoisotopic (exact) mass is 889 g/mol. The van der Waals surface area contributed by atoms with Gasteiger partial charge >= 0.3 is 41.5 Å². The van der Waals surface area contributed by atoms with Gasteiger partial charge in [0.2, 0.25) is 0 Å². The average molecular weight is 889 g/mol. The van der Waals surface area contributed by atoms with E-state index in [0.29, 0.717) is 159 Å². The summed E-state index contributed by atoms with van der Waals surface area (Å²) in [6.07, 6.45) is 1.40. The molecule has 0 bridgehead atoms. The maximum atomic E-state index is 11.5. The average Bonchev–Trinajstić information content (AvgIpc) is 3.16. The van der Waals surface area contributed by atoms with E-state index in [4.69, 9.17) is 76.2 Å². The number of methoxy groups -OCH3 is 2. The number of carbonyl (C=O) groups is 2. The van der Waals surface area contributed by atoms with E-state index in [0.717, 1.165) is 6.08 Å². The fourth-order valence-corrected chi connectivity index (χ4v) is 3.42. The molecule has 0 aliphatic heterocycles. The Balaban J connectivity index is -0.000000205. The van der Waals surface area contributed by atoms with E-state index in [9.17, 15) is 9.59 Å². The molecule has 0 aromatic carbocycles. The Labute approximate surface area is 385 Å². The van der Waals surface area contributed by atoms with Crippen LogP contribution in [-0.4, -0.2) is 208 Å². The van der Waals surface area contributed by atoms with E-state index in [2.05, 4.69) is 6.58 Å². The summed E-state index contributed by atoms with van der Waals surface area (Å²) in [5.74, 6) is -0.630. The first-order chi connectivity index (χ1) is 27.8. The molecule has 0 atom stereocenters. The van der Waals surface area contributed by atoms with E-state index < -0.39 is 11.2 Å². The first-order valence-corrected chi connectivity index (χ1v) is 19.8. The Bertz CT molecular complexity index is 848. The van der Waals surface area contributed by atoms with Gasteiger partial charge in [0.25, 0.3) is 0 Å². The van der Waals surface area contributed by atoms with Crippen molar-refractivity contribution in [2.24, 2.45) is 0 Å². The summed E-state index contributed by atoms with van der Waals surface area (Å²) in [5.41, 5.74) is -0.857. The van der Waals surface area contributed by atoms with Gasteiger partial charge in [-0.05, 0) is 41.5 Å². The maximum absolute atomic E-state index is 11.5. The summed E-state index contributed by atoms with van der Waals surface area (Å²) in [4.78, 5) is 22.0. The normalized spacial score (nSPS) is 10.9. The second kappa shape index (κ2) is 54.3. The van der Waals surface area contributed by atoms with E-state index in [1.54, 1.807) is 14.2 Å². The minimum Gasteiger partial charge on any atom is -1.00 e. The van der Waals surface area contributed by atoms with Gasteiger partial charge in [-0.15, -0.1) is 0 Å². The number of hydrogen-bond acceptors (Lipinski definition) is 18. The van der Waals surface area contributed by atoms with Crippen LogP contribution < -0.4 is 29.6 Å². The predicted molar refractivity (Wildman–Crippen MR) is 224 cm³/mol. The largest absolute Gasteiger partial charge is 1.00 e. The van der Waals surface area contributed by atoms with Crippen LogP contribution in [0.3, 0.4) is 0 Å². The SMILES string of the molecule is C.C=CC(=O)OC(C)(C)C.COCCOCCOCCOCCOCCOCCO.COCCOCCOCCOCCOCCOCCOCCC(=O)OC(C)(C)C.[H-].[Na+]. The topological polar surface area (TPSA) is 193 Å². The number of carbonyl (C=O) groups excluding carboxylic acids is 2. The molecule has 0 fully saturated rings. The zero-order chi connectivity index (χ0) is 43.9. The van der Waals surface area contributed by atoms with Crippen LogP contribution >= 0.6 is 0 Å². The van der Waals surface area contributed by atoms with Gasteiger partial charge in [0.05, 0.1) is 172 Å². The molecule has 0 rings (SSSR count). The number of ether oxygens (including phenoxy) is 15. The van der Waals surface area contributed by atoms with E-state index in [1.165, 1.54) is 0 Å². The van der Waals surface area contributed by atoms with Crippen molar-refractivity contribution < 1.29 is 117 Å². The fraction of sp³-hybridized carbons (Fsp3) is 0.902. The van der Waals surface area contributed by atoms with Crippen molar-refractivity contribution in [1.82, 2.24) is 0 Å². The fourth-order valence-electron chi connectivity index (χ4n) is 3.42. The van der Waals surface area contributed by atoms with Gasteiger partial charge in [-0.3, -0.25) is 4.79 Å². The molecule has 0 saturated carbocycles. The molecule has 0 aromatic heterocycles. The summed E-state index contributed by atoms with van der Waals surface area (Å²) in [7, 11) is 3.28. The van der Waals surface area contributed by atoms with E-state index >= 15 is 0 Å². The third-order valence-corrected chi connectivity index (χ3v) is 5.89. The third kappa shape index (κ3) is 71.6. The van der Waals surface area contributed by atoms with Gasteiger partial charge in [0, 0.05) is 20.3 Å². The molecule has 60 heavy (non-hydrogen) atoms. The van der Waals surface area contributed by atoms with Crippen LogP contribution in [0, 0.1) is 0 Å². The number of esters is 2. The molecule has 0 unspecified atom stereocenters. The zero-order valence-corrected chi connectivity index (χ0v) is 40.1. The molecule has 19 heteroatoms. The molecule has 1 N–H and O–H groups in total. The molecule has 358 valence electrons. The standard InChI is InChI=1S/C20H40O9.C13H28O7.C7H12O2.CH4.Na.H/c1-20(2,3)29-19(21)5-6-23-9-10-25-13-14-27-17-18-28-16-15-26-12-11-24-8-7-22-4;1-15-4-5-17-8-9-19-12-13-20-11-10-18-7-6-16-3-2-14;1-5-6(8)9-7(2,3)4;;;/h5-18H2,1-4H3;14H,2-13H2,1H3;5H,1H2,2-4H3;1H4;;/q;;;;+1;-1. The number of aliphatic hydroxyl groups excluding tert-OH is 1. The first-order valence-electron chi connectivity index (χ1n) is 19.8. The summed E-state index contributed by atoms with van der Waals surface area (Å²) < 4.78 is 78.0. The number of aliphatic hydroxyl groups is 1. The summed E-state index contributed by atoms with van der Waals surface area (Å²) in [6.45, 7) is 26.7. The van der Waals surface area contributed by atoms with Gasteiger partial charge in [-0.1, -0.05) is 14.0 Å². The van der Waals surface area contributed by atoms with Crippen molar-refractivity contribution in [3.63, 3.8) is 0 Å². The minimum atomic E-state index is -0.460. The van der Waals surface area contributed by atoms with Crippen molar-refractivity contribution in [1.29, 1.82) is 0 Å². The molecular weight excluding hydrogens is 803 g/mol. The van der Waals surface area contributed by atoms with Crippen molar-refractivity contribution in [2.45, 2.75) is 66.6 Å². The molecule has 18 nitrogen and oxygen atoms in total. The number of rotatable bonds is 39. The summed E-state index contributed by atoms with van der Waals surface area (Å²) in [6, 6.07) is 0. The molecule has 0 aromatic rings. The number of hydrogen-bond donors (Lipinski definition) is 1. The van der Waals surface area contributed by atoms with Crippen molar-refractivity contribution in [3.05, 3.63) is 12.7 Å². The predicted octanol–water partition coefficient (Wildman–Crippen LogP) is 0.439.